The lowest BCUT2D eigenvalue weighted by molar-refractivity contribution is -0.160. The summed E-state index contributed by atoms with van der Waals surface area (Å²) in [4.78, 5) is 43.9. The predicted molar refractivity (Wildman–Crippen MR) is 163 cm³/mol. The van der Waals surface area contributed by atoms with Crippen LogP contribution in [0.15, 0.2) is 42.5 Å². The third-order valence-corrected chi connectivity index (χ3v) is 7.80. The minimum atomic E-state index is -1.45. The van der Waals surface area contributed by atoms with E-state index < -0.39 is 35.2 Å². The van der Waals surface area contributed by atoms with E-state index in [1.165, 1.54) is 16.7 Å². The maximum atomic E-state index is 15.6. The molecule has 3 heterocycles. The van der Waals surface area contributed by atoms with Gasteiger partial charge in [0.05, 0.1) is 17.9 Å². The van der Waals surface area contributed by atoms with Crippen molar-refractivity contribution in [3.8, 4) is 16.9 Å². The first-order valence-corrected chi connectivity index (χ1v) is 14.5. The third-order valence-electron chi connectivity index (χ3n) is 7.80. The molecule has 10 heteroatoms. The number of fused-ring (bicyclic) bond motifs is 2. The Hall–Kier alpha value is -4.57. The standard InChI is InChI=1S/C34H36FN3O6/c1-18-21-13-10-14-43-29(21)24(35)15-22(18)27-23-16-25(28(39)32(40)36-17-20-11-8-7-9-12-20)38(6)31(23)37-19(2)26(27)30(33(41)42)44-34(3,4)5/h7-9,11-12,15-16,30H,10,13-14,17H2,1-6H3,(H,36,40)(H,41,42)/t30-/m0/s1. The van der Waals surface area contributed by atoms with E-state index in [0.29, 0.717) is 52.9 Å². The molecule has 1 amide bonds. The Morgan fingerprint density at radius 3 is 2.52 bits per heavy atom. The molecule has 1 aliphatic rings. The van der Waals surface area contributed by atoms with E-state index in [0.717, 1.165) is 11.1 Å². The number of aliphatic carboxylic acids is 1. The highest BCUT2D eigenvalue weighted by Gasteiger charge is 2.35. The molecule has 44 heavy (non-hydrogen) atoms. The number of amides is 1. The summed E-state index contributed by atoms with van der Waals surface area (Å²) in [6.07, 6.45) is -0.151. The molecule has 0 saturated carbocycles. The Labute approximate surface area is 255 Å². The zero-order valence-corrected chi connectivity index (χ0v) is 25.7. The fourth-order valence-corrected chi connectivity index (χ4v) is 5.76. The van der Waals surface area contributed by atoms with Crippen LogP contribution in [0.5, 0.6) is 5.75 Å². The van der Waals surface area contributed by atoms with Crippen LogP contribution in [0, 0.1) is 19.7 Å². The summed E-state index contributed by atoms with van der Waals surface area (Å²) in [5.74, 6) is -3.19. The summed E-state index contributed by atoms with van der Waals surface area (Å²) >= 11 is 0. The normalized spacial score (nSPS) is 13.7. The van der Waals surface area contributed by atoms with Crippen molar-refractivity contribution in [2.75, 3.05) is 6.61 Å². The van der Waals surface area contributed by atoms with E-state index in [-0.39, 0.29) is 23.6 Å². The largest absolute Gasteiger partial charge is 0.490 e. The number of carboxylic acids is 1. The average molecular weight is 602 g/mol. The number of rotatable bonds is 8. The maximum Gasteiger partial charge on any atom is 0.337 e. The van der Waals surface area contributed by atoms with Crippen LogP contribution in [-0.4, -0.2) is 44.5 Å². The highest BCUT2D eigenvalue weighted by Crippen LogP contribution is 2.44. The van der Waals surface area contributed by atoms with E-state index in [9.17, 15) is 19.5 Å². The Bertz CT molecular complexity index is 1790. The van der Waals surface area contributed by atoms with E-state index >= 15 is 4.39 Å². The smallest absolute Gasteiger partial charge is 0.337 e. The fraction of sp³-hybridized carbons (Fsp3) is 0.353. The summed E-state index contributed by atoms with van der Waals surface area (Å²) in [7, 11) is 1.62. The molecule has 0 bridgehead atoms. The molecule has 5 rings (SSSR count). The van der Waals surface area contributed by atoms with Gasteiger partial charge >= 0.3 is 5.97 Å². The molecular formula is C34H36FN3O6. The highest BCUT2D eigenvalue weighted by molar-refractivity contribution is 6.42. The van der Waals surface area contributed by atoms with Gasteiger partial charge in [0.2, 0.25) is 0 Å². The van der Waals surface area contributed by atoms with Crippen molar-refractivity contribution in [1.82, 2.24) is 14.9 Å². The second kappa shape index (κ2) is 11.8. The third kappa shape index (κ3) is 5.81. The molecule has 0 aliphatic carbocycles. The molecular weight excluding hydrogens is 565 g/mol. The van der Waals surface area contributed by atoms with E-state index in [4.69, 9.17) is 14.5 Å². The number of carbonyl (C=O) groups is 3. The number of ether oxygens (including phenoxy) is 2. The van der Waals surface area contributed by atoms with Crippen molar-refractivity contribution in [3.63, 3.8) is 0 Å². The van der Waals surface area contributed by atoms with Crippen LogP contribution in [0.3, 0.4) is 0 Å². The van der Waals surface area contributed by atoms with Gasteiger partial charge in [-0.3, -0.25) is 9.59 Å². The number of carboxylic acid groups (broad SMARTS) is 1. The number of nitrogens with one attached hydrogen (secondary N) is 1. The number of aryl methyl sites for hydroxylation is 2. The van der Waals surface area contributed by atoms with Crippen molar-refractivity contribution in [3.05, 3.63) is 81.9 Å². The molecule has 0 radical (unpaired) electrons. The van der Waals surface area contributed by atoms with Crippen molar-refractivity contribution in [1.29, 1.82) is 0 Å². The van der Waals surface area contributed by atoms with Gasteiger partial charge in [-0.25, -0.2) is 14.2 Å². The molecule has 1 aliphatic heterocycles. The summed E-state index contributed by atoms with van der Waals surface area (Å²) < 4.78 is 28.8. The van der Waals surface area contributed by atoms with Gasteiger partial charge in [0.1, 0.15) is 5.65 Å². The fourth-order valence-electron chi connectivity index (χ4n) is 5.76. The number of benzene rings is 2. The van der Waals surface area contributed by atoms with Gasteiger partial charge < -0.3 is 24.5 Å². The minimum Gasteiger partial charge on any atom is -0.490 e. The SMILES string of the molecule is Cc1nc2c(cc(C(=O)C(=O)NCc3ccccc3)n2C)c(-c2cc(F)c3c(c2C)CCCO3)c1[C@H](OC(C)(C)C)C(=O)O. The number of halogens is 1. The number of Topliss-reactive ketones (excluding diaryl/α,β-unsaturated/α-hetero) is 1. The predicted octanol–water partition coefficient (Wildman–Crippen LogP) is 5.76. The molecule has 2 aromatic carbocycles. The van der Waals surface area contributed by atoms with E-state index in [2.05, 4.69) is 5.32 Å². The summed E-state index contributed by atoms with van der Waals surface area (Å²) in [5, 5.41) is 13.5. The first-order chi connectivity index (χ1) is 20.8. The van der Waals surface area contributed by atoms with Crippen LogP contribution in [-0.2, 0) is 34.3 Å². The van der Waals surface area contributed by atoms with Gasteiger partial charge in [-0.2, -0.15) is 0 Å². The van der Waals surface area contributed by atoms with Gasteiger partial charge in [0, 0.05) is 41.4 Å². The number of carbonyl (C=O) groups excluding carboxylic acids is 2. The van der Waals surface area contributed by atoms with Gasteiger partial charge in [0.25, 0.3) is 11.7 Å². The number of pyridine rings is 1. The number of nitrogens with zero attached hydrogens (tertiary/aromatic N) is 2. The topological polar surface area (TPSA) is 120 Å². The summed E-state index contributed by atoms with van der Waals surface area (Å²) in [6.45, 7) is 9.33. The second-order valence-corrected chi connectivity index (χ2v) is 12.0. The van der Waals surface area contributed by atoms with Gasteiger partial charge in [-0.1, -0.05) is 30.3 Å². The van der Waals surface area contributed by atoms with Crippen molar-refractivity contribution >= 4 is 28.7 Å². The molecule has 4 aromatic rings. The number of ketones is 1. The first kappa shape index (κ1) is 30.9. The van der Waals surface area contributed by atoms with Gasteiger partial charge in [-0.15, -0.1) is 0 Å². The van der Waals surface area contributed by atoms with Crippen LogP contribution >= 0.6 is 0 Å². The number of hydrogen-bond acceptors (Lipinski definition) is 6. The first-order valence-electron chi connectivity index (χ1n) is 14.5. The number of hydrogen-bond donors (Lipinski definition) is 2. The molecule has 0 spiro atoms. The molecule has 0 unspecified atom stereocenters. The Balaban J connectivity index is 1.73. The van der Waals surface area contributed by atoms with Crippen molar-refractivity contribution < 1.29 is 33.4 Å². The number of aromatic nitrogens is 2. The van der Waals surface area contributed by atoms with E-state index in [1.807, 2.05) is 37.3 Å². The lowest BCUT2D eigenvalue weighted by Crippen LogP contribution is -2.31. The molecule has 2 aromatic heterocycles. The van der Waals surface area contributed by atoms with Crippen LogP contribution in [0.1, 0.15) is 71.7 Å². The molecule has 9 nitrogen and oxygen atoms in total. The van der Waals surface area contributed by atoms with E-state index in [1.54, 1.807) is 34.7 Å². The minimum absolute atomic E-state index is 0.0545. The van der Waals surface area contributed by atoms with Crippen LogP contribution in [0.2, 0.25) is 0 Å². The van der Waals surface area contributed by atoms with Crippen LogP contribution in [0.4, 0.5) is 4.39 Å². The van der Waals surface area contributed by atoms with Crippen LogP contribution < -0.4 is 10.1 Å². The Morgan fingerprint density at radius 2 is 1.86 bits per heavy atom. The highest BCUT2D eigenvalue weighted by atomic mass is 19.1. The average Bonchev–Trinajstić information content (AvgIpc) is 3.31. The lowest BCUT2D eigenvalue weighted by atomic mass is 9.86. The molecule has 230 valence electrons. The van der Waals surface area contributed by atoms with Crippen molar-refractivity contribution in [2.45, 2.75) is 65.7 Å². The zero-order chi connectivity index (χ0) is 31.9. The quantitative estimate of drug-likeness (QED) is 0.195. The Kier molecular flexibility index (Phi) is 8.31. The Morgan fingerprint density at radius 1 is 1.16 bits per heavy atom. The molecule has 1 atom stereocenters. The zero-order valence-electron chi connectivity index (χ0n) is 25.7. The molecule has 2 N–H and O–H groups in total. The van der Waals surface area contributed by atoms with Gasteiger partial charge in [0.15, 0.2) is 17.7 Å². The monoisotopic (exact) mass is 601 g/mol. The molecule has 0 saturated heterocycles. The van der Waals surface area contributed by atoms with Gasteiger partial charge in [-0.05, 0) is 76.3 Å². The molecule has 0 fully saturated rings. The summed E-state index contributed by atoms with van der Waals surface area (Å²) in [5.41, 5.74) is 3.23. The maximum absolute atomic E-state index is 15.6. The summed E-state index contributed by atoms with van der Waals surface area (Å²) in [6, 6.07) is 12.1. The lowest BCUT2D eigenvalue weighted by Gasteiger charge is -2.29. The van der Waals surface area contributed by atoms with Crippen LogP contribution in [0.25, 0.3) is 22.2 Å². The van der Waals surface area contributed by atoms with Crippen molar-refractivity contribution in [2.24, 2.45) is 7.05 Å². The second-order valence-electron chi connectivity index (χ2n) is 12.0.